The number of nitriles is 1. The van der Waals surface area contributed by atoms with Gasteiger partial charge >= 0.3 is 0 Å². The Morgan fingerprint density at radius 3 is 2.70 bits per heavy atom. The van der Waals surface area contributed by atoms with Crippen LogP contribution in [0.15, 0.2) is 48.5 Å². The Labute approximate surface area is 136 Å². The molecule has 0 saturated heterocycles. The highest BCUT2D eigenvalue weighted by molar-refractivity contribution is 7.19. The second kappa shape index (κ2) is 5.04. The number of allylic oxidation sites excluding steroid dienone is 1. The number of aromatic nitrogens is 1. The van der Waals surface area contributed by atoms with E-state index in [1.807, 2.05) is 48.5 Å². The second-order valence-electron chi connectivity index (χ2n) is 5.23. The molecule has 0 unspecified atom stereocenters. The van der Waals surface area contributed by atoms with Crippen LogP contribution in [0.1, 0.15) is 10.6 Å². The zero-order valence-corrected chi connectivity index (χ0v) is 13.1. The molecular formula is C18H11N3OS. The molecule has 2 heterocycles. The third-order valence-electron chi connectivity index (χ3n) is 3.92. The van der Waals surface area contributed by atoms with Gasteiger partial charge in [0.2, 0.25) is 0 Å². The summed E-state index contributed by atoms with van der Waals surface area (Å²) in [6.45, 7) is 0. The Morgan fingerprint density at radius 1 is 1.17 bits per heavy atom. The first kappa shape index (κ1) is 13.7. The Balaban J connectivity index is 2.00. The molecule has 4 rings (SSSR count). The molecule has 0 radical (unpaired) electrons. The van der Waals surface area contributed by atoms with Crippen molar-refractivity contribution in [3.63, 3.8) is 0 Å². The summed E-state index contributed by atoms with van der Waals surface area (Å²) in [7, 11) is 1.72. The average molecular weight is 317 g/mol. The number of hydrogen-bond acceptors (Lipinski definition) is 4. The van der Waals surface area contributed by atoms with Gasteiger partial charge in [-0.15, -0.1) is 11.3 Å². The molecule has 0 saturated carbocycles. The largest absolute Gasteiger partial charge is 0.311 e. The number of carbonyl (C=O) groups excluding carboxylic acids is 1. The molecule has 5 heteroatoms. The molecule has 1 amide bonds. The number of thiazole rings is 1. The standard InChI is InChI=1S/C18H11N3OS/c1-21-14-8-4-2-6-11(14)16(18(21)22)12(10-19)17-20-13-7-3-5-9-15(13)23-17/h2-9H,1H3/b16-12-. The number of hydrogen-bond donors (Lipinski definition) is 0. The van der Waals surface area contributed by atoms with E-state index in [0.29, 0.717) is 16.2 Å². The number of amides is 1. The fourth-order valence-electron chi connectivity index (χ4n) is 2.80. The Hall–Kier alpha value is -2.97. The van der Waals surface area contributed by atoms with E-state index in [-0.39, 0.29) is 5.91 Å². The number of likely N-dealkylation sites (N-methyl/N-ethyl adjacent to an activating group) is 1. The highest BCUT2D eigenvalue weighted by Gasteiger charge is 2.33. The minimum atomic E-state index is -0.165. The first-order valence-electron chi connectivity index (χ1n) is 7.08. The van der Waals surface area contributed by atoms with Gasteiger partial charge in [0.05, 0.1) is 21.5 Å². The van der Waals surface area contributed by atoms with Gasteiger partial charge in [-0.2, -0.15) is 5.26 Å². The molecule has 0 aliphatic carbocycles. The van der Waals surface area contributed by atoms with Gasteiger partial charge < -0.3 is 4.90 Å². The van der Waals surface area contributed by atoms with E-state index in [1.165, 1.54) is 11.3 Å². The predicted octanol–water partition coefficient (Wildman–Crippen LogP) is 3.71. The van der Waals surface area contributed by atoms with Gasteiger partial charge in [0.1, 0.15) is 16.6 Å². The summed E-state index contributed by atoms with van der Waals surface area (Å²) in [6, 6.07) is 17.4. The van der Waals surface area contributed by atoms with Gasteiger partial charge in [-0.1, -0.05) is 30.3 Å². The molecule has 0 N–H and O–H groups in total. The van der Waals surface area contributed by atoms with E-state index in [9.17, 15) is 10.1 Å². The van der Waals surface area contributed by atoms with E-state index in [1.54, 1.807) is 11.9 Å². The van der Waals surface area contributed by atoms with Crippen LogP contribution >= 0.6 is 11.3 Å². The fraction of sp³-hybridized carbons (Fsp3) is 0.0556. The summed E-state index contributed by atoms with van der Waals surface area (Å²) in [5.41, 5.74) is 3.22. The minimum Gasteiger partial charge on any atom is -0.311 e. The zero-order chi connectivity index (χ0) is 16.0. The first-order chi connectivity index (χ1) is 11.2. The van der Waals surface area contributed by atoms with Crippen molar-refractivity contribution in [2.45, 2.75) is 0 Å². The first-order valence-corrected chi connectivity index (χ1v) is 7.90. The van der Waals surface area contributed by atoms with Crippen LogP contribution in [0, 0.1) is 11.3 Å². The van der Waals surface area contributed by atoms with Crippen molar-refractivity contribution in [3.8, 4) is 6.07 Å². The van der Waals surface area contributed by atoms with Crippen LogP contribution < -0.4 is 4.90 Å². The highest BCUT2D eigenvalue weighted by Crippen LogP contribution is 2.40. The van der Waals surface area contributed by atoms with Gasteiger partial charge in [-0.25, -0.2) is 4.98 Å². The van der Waals surface area contributed by atoms with Crippen molar-refractivity contribution in [1.82, 2.24) is 4.98 Å². The van der Waals surface area contributed by atoms with Crippen LogP contribution in [0.2, 0.25) is 0 Å². The maximum atomic E-state index is 12.6. The van der Waals surface area contributed by atoms with Crippen LogP contribution in [0.25, 0.3) is 21.4 Å². The van der Waals surface area contributed by atoms with Crippen LogP contribution in [0.3, 0.4) is 0 Å². The zero-order valence-electron chi connectivity index (χ0n) is 12.3. The van der Waals surface area contributed by atoms with Crippen molar-refractivity contribution in [1.29, 1.82) is 5.26 Å². The van der Waals surface area contributed by atoms with Gasteiger partial charge in [0.15, 0.2) is 0 Å². The number of benzene rings is 2. The molecule has 3 aromatic rings. The van der Waals surface area contributed by atoms with Crippen molar-refractivity contribution >= 4 is 44.3 Å². The molecular weight excluding hydrogens is 306 g/mol. The van der Waals surface area contributed by atoms with Crippen molar-refractivity contribution in [2.24, 2.45) is 0 Å². The molecule has 1 aliphatic rings. The van der Waals surface area contributed by atoms with Gasteiger partial charge in [0.25, 0.3) is 5.91 Å². The quantitative estimate of drug-likeness (QED) is 0.508. The summed E-state index contributed by atoms with van der Waals surface area (Å²) < 4.78 is 1.00. The maximum absolute atomic E-state index is 12.6. The number of fused-ring (bicyclic) bond motifs is 2. The van der Waals surface area contributed by atoms with Crippen LogP contribution in [-0.4, -0.2) is 17.9 Å². The average Bonchev–Trinajstić information content (AvgIpc) is 3.11. The molecule has 4 nitrogen and oxygen atoms in total. The number of anilines is 1. The smallest absolute Gasteiger partial charge is 0.260 e. The van der Waals surface area contributed by atoms with Gasteiger partial charge in [-0.3, -0.25) is 4.79 Å². The molecule has 1 aromatic heterocycles. The highest BCUT2D eigenvalue weighted by atomic mass is 32.1. The lowest BCUT2D eigenvalue weighted by molar-refractivity contribution is -0.112. The SMILES string of the molecule is CN1C(=O)/C(=C(/C#N)c2nc3ccccc3s2)c2ccccc21. The molecule has 2 aromatic carbocycles. The normalized spacial score (nSPS) is 15.7. The molecule has 0 atom stereocenters. The monoisotopic (exact) mass is 317 g/mol. The molecule has 1 aliphatic heterocycles. The van der Waals surface area contributed by atoms with Crippen LogP contribution in [-0.2, 0) is 4.79 Å². The predicted molar refractivity (Wildman–Crippen MR) is 91.9 cm³/mol. The summed E-state index contributed by atoms with van der Waals surface area (Å²) in [5.74, 6) is -0.165. The molecule has 0 spiro atoms. The molecule has 0 bridgehead atoms. The molecule has 23 heavy (non-hydrogen) atoms. The Bertz CT molecular complexity index is 993. The van der Waals surface area contributed by atoms with Crippen LogP contribution in [0.4, 0.5) is 5.69 Å². The lowest BCUT2D eigenvalue weighted by atomic mass is 10.0. The lowest BCUT2D eigenvalue weighted by Crippen LogP contribution is -2.20. The van der Waals surface area contributed by atoms with Gasteiger partial charge in [0, 0.05) is 12.6 Å². The summed E-state index contributed by atoms with van der Waals surface area (Å²) in [6.07, 6.45) is 0. The van der Waals surface area contributed by atoms with E-state index in [2.05, 4.69) is 11.1 Å². The van der Waals surface area contributed by atoms with Gasteiger partial charge in [-0.05, 0) is 18.2 Å². The van der Waals surface area contributed by atoms with E-state index < -0.39 is 0 Å². The Morgan fingerprint density at radius 2 is 1.91 bits per heavy atom. The van der Waals surface area contributed by atoms with E-state index in [4.69, 9.17) is 0 Å². The van der Waals surface area contributed by atoms with Crippen molar-refractivity contribution < 1.29 is 4.79 Å². The van der Waals surface area contributed by atoms with Crippen LogP contribution in [0.5, 0.6) is 0 Å². The van der Waals surface area contributed by atoms with Crippen molar-refractivity contribution in [2.75, 3.05) is 11.9 Å². The number of para-hydroxylation sites is 2. The maximum Gasteiger partial charge on any atom is 0.260 e. The molecule has 110 valence electrons. The lowest BCUT2D eigenvalue weighted by Gasteiger charge is -2.08. The van der Waals surface area contributed by atoms with E-state index >= 15 is 0 Å². The topological polar surface area (TPSA) is 57.0 Å². The minimum absolute atomic E-state index is 0.165. The van der Waals surface area contributed by atoms with Crippen molar-refractivity contribution in [3.05, 3.63) is 59.1 Å². The summed E-state index contributed by atoms with van der Waals surface area (Å²) in [5, 5.41) is 10.3. The summed E-state index contributed by atoms with van der Waals surface area (Å²) in [4.78, 5) is 18.8. The Kier molecular flexibility index (Phi) is 3.00. The second-order valence-corrected chi connectivity index (χ2v) is 6.26. The third-order valence-corrected chi connectivity index (χ3v) is 4.98. The number of nitrogens with zero attached hydrogens (tertiary/aromatic N) is 3. The third kappa shape index (κ3) is 1.96. The number of carbonyl (C=O) groups is 1. The summed E-state index contributed by atoms with van der Waals surface area (Å²) >= 11 is 1.43. The fourth-order valence-corrected chi connectivity index (χ4v) is 3.77. The van der Waals surface area contributed by atoms with E-state index in [0.717, 1.165) is 21.5 Å². The molecule has 0 fully saturated rings. The number of rotatable bonds is 1.